The summed E-state index contributed by atoms with van der Waals surface area (Å²) in [6, 6.07) is 17.5. The Hall–Kier alpha value is -2.87. The highest BCUT2D eigenvalue weighted by atomic mass is 35.5. The molecule has 0 radical (unpaired) electrons. The van der Waals surface area contributed by atoms with Gasteiger partial charge in [0.1, 0.15) is 11.5 Å². The summed E-state index contributed by atoms with van der Waals surface area (Å²) in [5.74, 6) is 0.110. The second kappa shape index (κ2) is 7.87. The van der Waals surface area contributed by atoms with Gasteiger partial charge in [-0.05, 0) is 36.4 Å². The number of hydrogen-bond donors (Lipinski definition) is 1. The molecule has 2 amide bonds. The van der Waals surface area contributed by atoms with Crippen molar-refractivity contribution in [2.45, 2.75) is 0 Å². The Balaban J connectivity index is 1.66. The Kier molecular flexibility index (Phi) is 5.27. The molecule has 2 N–H and O–H groups in total. The Morgan fingerprint density at radius 3 is 2.59 bits per heavy atom. The third kappa shape index (κ3) is 3.72. The fourth-order valence-electron chi connectivity index (χ4n) is 2.92. The van der Waals surface area contributed by atoms with Crippen molar-refractivity contribution in [3.05, 3.63) is 81.9 Å². The van der Waals surface area contributed by atoms with E-state index >= 15 is 0 Å². The zero-order chi connectivity index (χ0) is 20.5. The molecule has 8 heteroatoms. The van der Waals surface area contributed by atoms with Crippen LogP contribution in [0.4, 0.5) is 5.69 Å². The summed E-state index contributed by atoms with van der Waals surface area (Å²) in [6.45, 7) is 0. The van der Waals surface area contributed by atoms with Crippen LogP contribution in [-0.4, -0.2) is 16.1 Å². The molecule has 0 saturated carbocycles. The summed E-state index contributed by atoms with van der Waals surface area (Å²) in [6.07, 6.45) is 1.62. The Morgan fingerprint density at radius 2 is 1.83 bits per heavy atom. The summed E-state index contributed by atoms with van der Waals surface area (Å²) >= 11 is 12.7. The molecule has 0 unspecified atom stereocenters. The van der Waals surface area contributed by atoms with Gasteiger partial charge in [-0.25, -0.2) is 0 Å². The second-order valence-electron chi connectivity index (χ2n) is 6.08. The minimum atomic E-state index is -0.631. The maximum atomic E-state index is 13.0. The van der Waals surface area contributed by atoms with Gasteiger partial charge in [-0.15, -0.1) is 0 Å². The molecule has 1 fully saturated rings. The van der Waals surface area contributed by atoms with Crippen LogP contribution in [0, 0.1) is 0 Å². The molecular weight excluding hydrogens is 428 g/mol. The normalized spacial score (nSPS) is 15.3. The molecule has 1 aliphatic heterocycles. The predicted octanol–water partition coefficient (Wildman–Crippen LogP) is 5.10. The van der Waals surface area contributed by atoms with Gasteiger partial charge in [-0.3, -0.25) is 14.5 Å². The van der Waals surface area contributed by atoms with Crippen LogP contribution < -0.4 is 10.6 Å². The van der Waals surface area contributed by atoms with Crippen LogP contribution in [0.25, 0.3) is 17.4 Å². The van der Waals surface area contributed by atoms with Gasteiger partial charge in [-0.2, -0.15) is 0 Å². The lowest BCUT2D eigenvalue weighted by Gasteiger charge is -2.17. The van der Waals surface area contributed by atoms with Crippen LogP contribution in [0.15, 0.2) is 70.0 Å². The van der Waals surface area contributed by atoms with E-state index in [4.69, 9.17) is 34.0 Å². The van der Waals surface area contributed by atoms with Gasteiger partial charge in [-0.1, -0.05) is 59.8 Å². The molecule has 2 heterocycles. The number of hydrogen-bond acceptors (Lipinski definition) is 5. The number of thioether (sulfide) groups is 1. The highest BCUT2D eigenvalue weighted by Crippen LogP contribution is 2.38. The van der Waals surface area contributed by atoms with E-state index in [2.05, 4.69) is 0 Å². The summed E-state index contributed by atoms with van der Waals surface area (Å²) in [5, 5.41) is 0.572. The number of carbonyl (C=O) groups is 2. The van der Waals surface area contributed by atoms with Crippen molar-refractivity contribution < 1.29 is 14.0 Å². The summed E-state index contributed by atoms with van der Waals surface area (Å²) in [4.78, 5) is 26.4. The first-order valence-corrected chi connectivity index (χ1v) is 10.1. The van der Waals surface area contributed by atoms with Crippen molar-refractivity contribution in [2.24, 2.45) is 5.73 Å². The maximum absolute atomic E-state index is 13.0. The minimum absolute atomic E-state index is 0.226. The molecule has 144 valence electrons. The number of amides is 2. The van der Waals surface area contributed by atoms with E-state index in [9.17, 15) is 9.59 Å². The van der Waals surface area contributed by atoms with Gasteiger partial charge >= 0.3 is 0 Å². The Labute approximate surface area is 181 Å². The number of nitrogens with zero attached hydrogens (tertiary/aromatic N) is 1. The van der Waals surface area contributed by atoms with E-state index in [-0.39, 0.29) is 11.5 Å². The molecule has 4 rings (SSSR count). The van der Waals surface area contributed by atoms with Gasteiger partial charge in [0.2, 0.25) is 0 Å². The quantitative estimate of drug-likeness (QED) is 0.451. The number of thiocarbonyl (C=S) groups is 1. The van der Waals surface area contributed by atoms with Crippen molar-refractivity contribution in [3.8, 4) is 11.3 Å². The van der Waals surface area contributed by atoms with E-state index in [0.717, 1.165) is 17.3 Å². The fourth-order valence-corrected chi connectivity index (χ4v) is 4.41. The average molecular weight is 441 g/mol. The van der Waals surface area contributed by atoms with Gasteiger partial charge < -0.3 is 10.2 Å². The van der Waals surface area contributed by atoms with E-state index in [1.165, 1.54) is 4.90 Å². The smallest absolute Gasteiger partial charge is 0.270 e. The molecule has 0 aliphatic carbocycles. The van der Waals surface area contributed by atoms with E-state index < -0.39 is 5.91 Å². The molecule has 1 aliphatic rings. The summed E-state index contributed by atoms with van der Waals surface area (Å²) in [7, 11) is 0. The molecular formula is C21H13ClN2O3S2. The zero-order valence-electron chi connectivity index (χ0n) is 14.8. The lowest BCUT2D eigenvalue weighted by molar-refractivity contribution is -0.113. The SMILES string of the molecule is NC(=O)c1ccccc1N1C(=O)/C(=C\c2ccc(-c3ccccc3Cl)o2)SC1=S. The minimum Gasteiger partial charge on any atom is -0.457 e. The van der Waals surface area contributed by atoms with Gasteiger partial charge in [0, 0.05) is 11.6 Å². The third-order valence-corrected chi connectivity index (χ3v) is 5.88. The average Bonchev–Trinajstić information content (AvgIpc) is 3.27. The van der Waals surface area contributed by atoms with Crippen LogP contribution >= 0.6 is 35.6 Å². The molecule has 1 saturated heterocycles. The number of para-hydroxylation sites is 1. The van der Waals surface area contributed by atoms with Gasteiger partial charge in [0.25, 0.3) is 11.8 Å². The van der Waals surface area contributed by atoms with Crippen molar-refractivity contribution in [1.29, 1.82) is 0 Å². The number of rotatable bonds is 4. The summed E-state index contributed by atoms with van der Waals surface area (Å²) in [5.41, 5.74) is 6.78. The molecule has 5 nitrogen and oxygen atoms in total. The number of anilines is 1. The molecule has 0 bridgehead atoms. The monoisotopic (exact) mass is 440 g/mol. The van der Waals surface area contributed by atoms with E-state index in [1.54, 1.807) is 48.5 Å². The lowest BCUT2D eigenvalue weighted by Crippen LogP contribution is -2.30. The number of halogens is 1. The maximum Gasteiger partial charge on any atom is 0.270 e. The van der Waals surface area contributed by atoms with Crippen LogP contribution in [0.2, 0.25) is 5.02 Å². The van der Waals surface area contributed by atoms with Gasteiger partial charge in [0.15, 0.2) is 4.32 Å². The number of nitrogens with two attached hydrogens (primary N) is 1. The molecule has 3 aromatic rings. The van der Waals surface area contributed by atoms with Gasteiger partial charge in [0.05, 0.1) is 21.2 Å². The van der Waals surface area contributed by atoms with Crippen molar-refractivity contribution in [1.82, 2.24) is 0 Å². The molecule has 1 aromatic heterocycles. The first kappa shape index (κ1) is 19.4. The van der Waals surface area contributed by atoms with Crippen LogP contribution in [0.1, 0.15) is 16.1 Å². The topological polar surface area (TPSA) is 76.5 Å². The first-order valence-electron chi connectivity index (χ1n) is 8.47. The number of carbonyl (C=O) groups excluding carboxylic acids is 2. The molecule has 0 spiro atoms. The molecule has 2 aromatic carbocycles. The third-order valence-electron chi connectivity index (χ3n) is 4.24. The summed E-state index contributed by atoms with van der Waals surface area (Å²) < 4.78 is 6.15. The van der Waals surface area contributed by atoms with Crippen molar-refractivity contribution in [3.63, 3.8) is 0 Å². The Morgan fingerprint density at radius 1 is 1.10 bits per heavy atom. The number of benzene rings is 2. The van der Waals surface area contributed by atoms with Crippen molar-refractivity contribution in [2.75, 3.05) is 4.90 Å². The highest BCUT2D eigenvalue weighted by Gasteiger charge is 2.35. The Bertz CT molecular complexity index is 1190. The largest absolute Gasteiger partial charge is 0.457 e. The van der Waals surface area contributed by atoms with Crippen LogP contribution in [-0.2, 0) is 4.79 Å². The van der Waals surface area contributed by atoms with E-state index in [0.29, 0.717) is 31.5 Å². The molecule has 0 atom stereocenters. The fraction of sp³-hybridized carbons (Fsp3) is 0. The first-order chi connectivity index (χ1) is 14.0. The zero-order valence-corrected chi connectivity index (χ0v) is 17.2. The second-order valence-corrected chi connectivity index (χ2v) is 8.16. The van der Waals surface area contributed by atoms with Crippen LogP contribution in [0.5, 0.6) is 0 Å². The van der Waals surface area contributed by atoms with E-state index in [1.807, 2.05) is 18.2 Å². The van der Waals surface area contributed by atoms with Crippen molar-refractivity contribution >= 4 is 63.5 Å². The predicted molar refractivity (Wildman–Crippen MR) is 120 cm³/mol. The molecule has 29 heavy (non-hydrogen) atoms. The number of furan rings is 1. The standard InChI is InChI=1S/C21H13ClN2O3S2/c22-15-7-3-1-5-13(15)17-10-9-12(27-17)11-18-20(26)24(21(28)29-18)16-8-4-2-6-14(16)19(23)25/h1-11H,(H2,23,25)/b18-11+. The van der Waals surface area contributed by atoms with Crippen LogP contribution in [0.3, 0.4) is 0 Å². The number of primary amides is 1. The highest BCUT2D eigenvalue weighted by molar-refractivity contribution is 8.27. The lowest BCUT2D eigenvalue weighted by atomic mass is 10.1.